The minimum absolute atomic E-state index is 0.112. The SMILES string of the molecule is COc1ccc(C(=O)Nc2cccc(/C=C/C(=O)c3ccc(O)cc3)c2)cc1. The molecule has 28 heavy (non-hydrogen) atoms. The Kier molecular flexibility index (Phi) is 5.87. The lowest BCUT2D eigenvalue weighted by Gasteiger charge is -2.07. The van der Waals surface area contributed by atoms with E-state index in [0.717, 1.165) is 5.56 Å². The number of methoxy groups -OCH3 is 1. The van der Waals surface area contributed by atoms with Crippen LogP contribution in [0.15, 0.2) is 78.9 Å². The van der Waals surface area contributed by atoms with E-state index in [0.29, 0.717) is 22.6 Å². The van der Waals surface area contributed by atoms with E-state index in [1.54, 1.807) is 67.8 Å². The molecule has 3 aromatic carbocycles. The average Bonchev–Trinajstić information content (AvgIpc) is 2.73. The number of rotatable bonds is 6. The van der Waals surface area contributed by atoms with Crippen LogP contribution in [0, 0.1) is 0 Å². The van der Waals surface area contributed by atoms with Gasteiger partial charge in [-0.25, -0.2) is 0 Å². The summed E-state index contributed by atoms with van der Waals surface area (Å²) in [5.74, 6) is 0.388. The third kappa shape index (κ3) is 4.86. The summed E-state index contributed by atoms with van der Waals surface area (Å²) in [5, 5.41) is 12.1. The first-order chi connectivity index (χ1) is 13.5. The highest BCUT2D eigenvalue weighted by Gasteiger charge is 2.07. The van der Waals surface area contributed by atoms with E-state index in [2.05, 4.69) is 5.32 Å². The third-order valence-electron chi connectivity index (χ3n) is 4.08. The Morgan fingerprint density at radius 3 is 2.29 bits per heavy atom. The largest absolute Gasteiger partial charge is 0.508 e. The number of nitrogens with one attached hydrogen (secondary N) is 1. The number of ketones is 1. The predicted molar refractivity (Wildman–Crippen MR) is 109 cm³/mol. The van der Waals surface area contributed by atoms with Gasteiger partial charge in [-0.05, 0) is 72.3 Å². The van der Waals surface area contributed by atoms with Crippen LogP contribution in [0.1, 0.15) is 26.3 Å². The van der Waals surface area contributed by atoms with Gasteiger partial charge in [0.25, 0.3) is 5.91 Å². The summed E-state index contributed by atoms with van der Waals surface area (Å²) >= 11 is 0. The molecule has 0 bridgehead atoms. The molecule has 2 N–H and O–H groups in total. The molecule has 0 aliphatic carbocycles. The van der Waals surface area contributed by atoms with Gasteiger partial charge in [0.2, 0.25) is 0 Å². The van der Waals surface area contributed by atoms with Crippen molar-refractivity contribution in [2.45, 2.75) is 0 Å². The number of ether oxygens (including phenoxy) is 1. The van der Waals surface area contributed by atoms with Gasteiger partial charge in [0, 0.05) is 16.8 Å². The van der Waals surface area contributed by atoms with Crippen molar-refractivity contribution in [3.63, 3.8) is 0 Å². The number of carbonyl (C=O) groups excluding carboxylic acids is 2. The molecule has 1 amide bonds. The monoisotopic (exact) mass is 373 g/mol. The first kappa shape index (κ1) is 18.9. The van der Waals surface area contributed by atoms with Crippen molar-refractivity contribution >= 4 is 23.5 Å². The summed E-state index contributed by atoms with van der Waals surface area (Å²) in [6.07, 6.45) is 3.13. The van der Waals surface area contributed by atoms with Crippen LogP contribution in [0.4, 0.5) is 5.69 Å². The molecule has 0 aliphatic heterocycles. The lowest BCUT2D eigenvalue weighted by Crippen LogP contribution is -2.11. The smallest absolute Gasteiger partial charge is 0.255 e. The summed E-state index contributed by atoms with van der Waals surface area (Å²) in [6.45, 7) is 0. The highest BCUT2D eigenvalue weighted by molar-refractivity contribution is 6.07. The third-order valence-corrected chi connectivity index (χ3v) is 4.08. The van der Waals surface area contributed by atoms with Gasteiger partial charge < -0.3 is 15.2 Å². The summed E-state index contributed by atoms with van der Waals surface area (Å²) in [4.78, 5) is 24.5. The Bertz CT molecular complexity index is 1010. The lowest BCUT2D eigenvalue weighted by atomic mass is 10.1. The highest BCUT2D eigenvalue weighted by Crippen LogP contribution is 2.16. The molecule has 0 aliphatic rings. The molecule has 0 saturated heterocycles. The van der Waals surface area contributed by atoms with Gasteiger partial charge in [-0.15, -0.1) is 0 Å². The maximum atomic E-state index is 12.4. The number of benzene rings is 3. The van der Waals surface area contributed by atoms with Crippen LogP contribution in [0.2, 0.25) is 0 Å². The van der Waals surface area contributed by atoms with E-state index in [1.807, 2.05) is 6.07 Å². The van der Waals surface area contributed by atoms with E-state index in [9.17, 15) is 14.7 Å². The average molecular weight is 373 g/mol. The zero-order valence-corrected chi connectivity index (χ0v) is 15.3. The number of phenols is 1. The fourth-order valence-electron chi connectivity index (χ4n) is 2.56. The van der Waals surface area contributed by atoms with Crippen LogP contribution in [0.5, 0.6) is 11.5 Å². The number of allylic oxidation sites excluding steroid dienone is 1. The minimum Gasteiger partial charge on any atom is -0.508 e. The molecule has 0 fully saturated rings. The van der Waals surface area contributed by atoms with E-state index in [4.69, 9.17) is 4.74 Å². The van der Waals surface area contributed by atoms with Gasteiger partial charge in [0.05, 0.1) is 7.11 Å². The number of amides is 1. The minimum atomic E-state index is -0.232. The Balaban J connectivity index is 1.68. The second kappa shape index (κ2) is 8.68. The van der Waals surface area contributed by atoms with Crippen LogP contribution in [-0.4, -0.2) is 23.9 Å². The van der Waals surface area contributed by atoms with Crippen molar-refractivity contribution in [2.24, 2.45) is 0 Å². The molecule has 0 saturated carbocycles. The molecular formula is C23H19NO4. The first-order valence-electron chi connectivity index (χ1n) is 8.62. The van der Waals surface area contributed by atoms with Gasteiger partial charge in [0.1, 0.15) is 11.5 Å². The number of anilines is 1. The Morgan fingerprint density at radius 2 is 1.61 bits per heavy atom. The molecular weight excluding hydrogens is 354 g/mol. The molecule has 0 heterocycles. The zero-order valence-electron chi connectivity index (χ0n) is 15.3. The standard InChI is InChI=1S/C23H19NO4/c1-28-21-12-8-18(9-13-21)23(27)24-19-4-2-3-16(15-19)5-14-22(26)17-6-10-20(25)11-7-17/h2-15,25H,1H3,(H,24,27)/b14-5+. The van der Waals surface area contributed by atoms with Crippen molar-refractivity contribution in [2.75, 3.05) is 12.4 Å². The van der Waals surface area contributed by atoms with Crippen molar-refractivity contribution in [1.82, 2.24) is 0 Å². The molecule has 5 nitrogen and oxygen atoms in total. The van der Waals surface area contributed by atoms with Crippen molar-refractivity contribution in [1.29, 1.82) is 0 Å². The van der Waals surface area contributed by atoms with Crippen LogP contribution in [0.25, 0.3) is 6.08 Å². The van der Waals surface area contributed by atoms with Gasteiger partial charge in [-0.3, -0.25) is 9.59 Å². The van der Waals surface area contributed by atoms with Crippen molar-refractivity contribution < 1.29 is 19.4 Å². The van der Waals surface area contributed by atoms with E-state index in [-0.39, 0.29) is 17.4 Å². The number of phenolic OH excluding ortho intramolecular Hbond substituents is 1. The maximum Gasteiger partial charge on any atom is 0.255 e. The molecule has 0 radical (unpaired) electrons. The number of aromatic hydroxyl groups is 1. The number of hydrogen-bond acceptors (Lipinski definition) is 4. The fraction of sp³-hybridized carbons (Fsp3) is 0.0435. The Morgan fingerprint density at radius 1 is 0.929 bits per heavy atom. The molecule has 0 aromatic heterocycles. The molecule has 0 unspecified atom stereocenters. The summed E-state index contributed by atoms with van der Waals surface area (Å²) in [7, 11) is 1.57. The molecule has 3 rings (SSSR count). The van der Waals surface area contributed by atoms with Crippen LogP contribution in [-0.2, 0) is 0 Å². The fourth-order valence-corrected chi connectivity index (χ4v) is 2.56. The summed E-state index contributed by atoms with van der Waals surface area (Å²) < 4.78 is 5.09. The normalized spacial score (nSPS) is 10.6. The van der Waals surface area contributed by atoms with E-state index in [1.165, 1.54) is 18.2 Å². The molecule has 5 heteroatoms. The molecule has 0 atom stereocenters. The quantitative estimate of drug-likeness (QED) is 0.491. The van der Waals surface area contributed by atoms with Crippen LogP contribution < -0.4 is 10.1 Å². The topological polar surface area (TPSA) is 75.6 Å². The Labute approximate surface area is 162 Å². The second-order valence-electron chi connectivity index (χ2n) is 6.05. The molecule has 0 spiro atoms. The van der Waals surface area contributed by atoms with E-state index >= 15 is 0 Å². The first-order valence-corrected chi connectivity index (χ1v) is 8.62. The second-order valence-corrected chi connectivity index (χ2v) is 6.05. The van der Waals surface area contributed by atoms with Crippen LogP contribution in [0.3, 0.4) is 0 Å². The Hall–Kier alpha value is -3.86. The predicted octanol–water partition coefficient (Wildman–Crippen LogP) is 4.55. The highest BCUT2D eigenvalue weighted by atomic mass is 16.5. The number of carbonyl (C=O) groups is 2. The zero-order chi connectivity index (χ0) is 19.9. The van der Waals surface area contributed by atoms with Gasteiger partial charge >= 0.3 is 0 Å². The van der Waals surface area contributed by atoms with E-state index < -0.39 is 0 Å². The number of hydrogen-bond donors (Lipinski definition) is 2. The van der Waals surface area contributed by atoms with Gasteiger partial charge in [-0.2, -0.15) is 0 Å². The van der Waals surface area contributed by atoms with Gasteiger partial charge in [0.15, 0.2) is 5.78 Å². The maximum absolute atomic E-state index is 12.4. The molecule has 3 aromatic rings. The van der Waals surface area contributed by atoms with Crippen LogP contribution >= 0.6 is 0 Å². The van der Waals surface area contributed by atoms with Crippen molar-refractivity contribution in [3.05, 3.63) is 95.6 Å². The van der Waals surface area contributed by atoms with Crippen molar-refractivity contribution in [3.8, 4) is 11.5 Å². The lowest BCUT2D eigenvalue weighted by molar-refractivity contribution is 0.102. The van der Waals surface area contributed by atoms with Gasteiger partial charge in [-0.1, -0.05) is 18.2 Å². The summed E-state index contributed by atoms with van der Waals surface area (Å²) in [6, 6.07) is 20.1. The summed E-state index contributed by atoms with van der Waals surface area (Å²) in [5.41, 5.74) is 2.40. The molecule has 140 valence electrons.